The molecule has 4 rings (SSSR count). The van der Waals surface area contributed by atoms with Crippen LogP contribution < -0.4 is 10.2 Å². The van der Waals surface area contributed by atoms with Crippen LogP contribution in [-0.2, 0) is 15.9 Å². The van der Waals surface area contributed by atoms with Crippen molar-refractivity contribution in [2.75, 3.05) is 0 Å². The molecule has 26 heavy (non-hydrogen) atoms. The first kappa shape index (κ1) is 17.1. The first-order valence-corrected chi connectivity index (χ1v) is 8.85. The molecule has 5 nitrogen and oxygen atoms in total. The first-order chi connectivity index (χ1) is 12.4. The predicted molar refractivity (Wildman–Crippen MR) is 102 cm³/mol. The molecule has 0 amide bonds. The summed E-state index contributed by atoms with van der Waals surface area (Å²) >= 11 is 0. The molecule has 0 radical (unpaired) electrons. The summed E-state index contributed by atoms with van der Waals surface area (Å²) in [6.07, 6.45) is 3.69. The maximum atomic E-state index is 6.15. The molecule has 3 aromatic rings. The molecule has 0 aliphatic carbocycles. The van der Waals surface area contributed by atoms with Crippen molar-refractivity contribution in [1.29, 1.82) is 0 Å². The van der Waals surface area contributed by atoms with Gasteiger partial charge in [-0.1, -0.05) is 30.3 Å². The van der Waals surface area contributed by atoms with E-state index in [2.05, 4.69) is 5.10 Å². The number of ether oxygens (including phenoxy) is 1. The van der Waals surface area contributed by atoms with Crippen LogP contribution >= 0.6 is 0 Å². The first-order valence-electron chi connectivity index (χ1n) is 8.85. The van der Waals surface area contributed by atoms with Crippen molar-refractivity contribution in [3.05, 3.63) is 60.4 Å². The molecule has 0 saturated carbocycles. The summed E-state index contributed by atoms with van der Waals surface area (Å²) in [4.78, 5) is 0. The lowest BCUT2D eigenvalue weighted by Gasteiger charge is -2.32. The second-order valence-corrected chi connectivity index (χ2v) is 7.66. The lowest BCUT2D eigenvalue weighted by molar-refractivity contribution is 0.00578. The van der Waals surface area contributed by atoms with Crippen LogP contribution in [0.2, 0.25) is 0 Å². The van der Waals surface area contributed by atoms with Gasteiger partial charge in [-0.15, -0.1) is 0 Å². The molecule has 1 aromatic carbocycles. The van der Waals surface area contributed by atoms with Crippen molar-refractivity contribution in [2.24, 2.45) is 0 Å². The van der Waals surface area contributed by atoms with E-state index in [0.717, 1.165) is 22.3 Å². The minimum Gasteiger partial charge on any atom is -0.487 e. The van der Waals surface area contributed by atoms with Crippen LogP contribution in [0.3, 0.4) is 0 Å². The van der Waals surface area contributed by atoms with Crippen molar-refractivity contribution in [3.63, 3.8) is 0 Å². The van der Waals surface area contributed by atoms with Crippen molar-refractivity contribution in [1.82, 2.24) is 9.61 Å². The monoisotopic (exact) mass is 350 g/mol. The molecule has 134 valence electrons. The SMILES string of the molecule is CC1(C)OB(c2cnn3cc(OCc4ccccc4)ccc23)OC1(C)C. The normalized spacial score (nSPS) is 18.4. The van der Waals surface area contributed by atoms with Crippen LogP contribution in [0.15, 0.2) is 54.9 Å². The van der Waals surface area contributed by atoms with E-state index in [9.17, 15) is 0 Å². The van der Waals surface area contributed by atoms with Crippen LogP contribution in [-0.4, -0.2) is 27.9 Å². The smallest absolute Gasteiger partial charge is 0.487 e. The summed E-state index contributed by atoms with van der Waals surface area (Å²) in [6, 6.07) is 14.0. The highest BCUT2D eigenvalue weighted by Crippen LogP contribution is 2.36. The summed E-state index contributed by atoms with van der Waals surface area (Å²) in [5, 5.41) is 4.45. The van der Waals surface area contributed by atoms with Crippen LogP contribution in [0.5, 0.6) is 5.75 Å². The number of hydrogen-bond donors (Lipinski definition) is 0. The summed E-state index contributed by atoms with van der Waals surface area (Å²) in [5.41, 5.74) is 2.27. The standard InChI is InChI=1S/C20H23BN2O3/c1-19(2)20(3,4)26-21(25-19)17-12-22-23-13-16(10-11-18(17)23)24-14-15-8-6-5-7-9-15/h5-13H,14H2,1-4H3. The highest BCUT2D eigenvalue weighted by atomic mass is 16.7. The number of aromatic nitrogens is 2. The van der Waals surface area contributed by atoms with Gasteiger partial charge in [-0.2, -0.15) is 5.10 Å². The number of benzene rings is 1. The zero-order valence-electron chi connectivity index (χ0n) is 15.6. The number of hydrogen-bond acceptors (Lipinski definition) is 4. The molecule has 6 heteroatoms. The predicted octanol–water partition coefficient (Wildman–Crippen LogP) is 3.21. The van der Waals surface area contributed by atoms with Crippen LogP contribution in [0.1, 0.15) is 33.3 Å². The molecule has 0 atom stereocenters. The molecule has 0 bridgehead atoms. The third-order valence-corrected chi connectivity index (χ3v) is 5.27. The fourth-order valence-corrected chi connectivity index (χ4v) is 2.96. The summed E-state index contributed by atoms with van der Waals surface area (Å²) in [7, 11) is -0.423. The maximum Gasteiger partial charge on any atom is 0.498 e. The highest BCUT2D eigenvalue weighted by Gasteiger charge is 2.52. The number of fused-ring (bicyclic) bond motifs is 1. The summed E-state index contributed by atoms with van der Waals surface area (Å²) < 4.78 is 20.0. The van der Waals surface area contributed by atoms with Gasteiger partial charge in [0.25, 0.3) is 0 Å². The number of rotatable bonds is 4. The molecular weight excluding hydrogens is 327 g/mol. The van der Waals surface area contributed by atoms with Gasteiger partial charge < -0.3 is 14.0 Å². The van der Waals surface area contributed by atoms with Gasteiger partial charge in [0.2, 0.25) is 0 Å². The molecule has 0 unspecified atom stereocenters. The Balaban J connectivity index is 1.55. The average molecular weight is 350 g/mol. The van der Waals surface area contributed by atoms with Gasteiger partial charge in [0.05, 0.1) is 22.9 Å². The van der Waals surface area contributed by atoms with E-state index in [4.69, 9.17) is 14.0 Å². The third-order valence-electron chi connectivity index (χ3n) is 5.27. The van der Waals surface area contributed by atoms with Crippen molar-refractivity contribution >= 4 is 18.1 Å². The Bertz CT molecular complexity index is 905. The minimum absolute atomic E-state index is 0.370. The molecule has 3 heterocycles. The summed E-state index contributed by atoms with van der Waals surface area (Å²) in [6.45, 7) is 8.72. The fraction of sp³-hybridized carbons (Fsp3) is 0.350. The largest absolute Gasteiger partial charge is 0.498 e. The average Bonchev–Trinajstić information content (AvgIpc) is 3.11. The zero-order valence-corrected chi connectivity index (χ0v) is 15.6. The third kappa shape index (κ3) is 3.00. The Morgan fingerprint density at radius 2 is 1.69 bits per heavy atom. The highest BCUT2D eigenvalue weighted by molar-refractivity contribution is 6.64. The molecule has 1 saturated heterocycles. The second kappa shape index (κ2) is 6.14. The quantitative estimate of drug-likeness (QED) is 0.678. The van der Waals surface area contributed by atoms with E-state index >= 15 is 0 Å². The zero-order chi connectivity index (χ0) is 18.4. The van der Waals surface area contributed by atoms with Crippen molar-refractivity contribution in [2.45, 2.75) is 45.5 Å². The lowest BCUT2D eigenvalue weighted by atomic mass is 9.80. The van der Waals surface area contributed by atoms with Gasteiger partial charge in [-0.05, 0) is 45.4 Å². The molecule has 1 fully saturated rings. The van der Waals surface area contributed by atoms with E-state index in [1.54, 1.807) is 10.7 Å². The lowest BCUT2D eigenvalue weighted by Crippen LogP contribution is -2.41. The van der Waals surface area contributed by atoms with E-state index in [1.807, 2.05) is 76.4 Å². The van der Waals surface area contributed by atoms with Crippen LogP contribution in [0, 0.1) is 0 Å². The van der Waals surface area contributed by atoms with Gasteiger partial charge in [-0.25, -0.2) is 4.52 Å². The molecule has 1 aliphatic rings. The van der Waals surface area contributed by atoms with Crippen molar-refractivity contribution < 1.29 is 14.0 Å². The van der Waals surface area contributed by atoms with E-state index in [-0.39, 0.29) is 11.2 Å². The van der Waals surface area contributed by atoms with Crippen molar-refractivity contribution in [3.8, 4) is 5.75 Å². The van der Waals surface area contributed by atoms with Gasteiger partial charge in [0.15, 0.2) is 0 Å². The molecule has 0 N–H and O–H groups in total. The summed E-state index contributed by atoms with van der Waals surface area (Å²) in [5.74, 6) is 0.768. The molecular formula is C20H23BN2O3. The Kier molecular flexibility index (Phi) is 4.05. The van der Waals surface area contributed by atoms with E-state index < -0.39 is 7.12 Å². The Labute approximate surface area is 154 Å². The van der Waals surface area contributed by atoms with Gasteiger partial charge in [0, 0.05) is 11.7 Å². The number of pyridine rings is 1. The van der Waals surface area contributed by atoms with Crippen LogP contribution in [0.4, 0.5) is 0 Å². The maximum absolute atomic E-state index is 6.15. The van der Waals surface area contributed by atoms with E-state index in [1.165, 1.54) is 0 Å². The van der Waals surface area contributed by atoms with Gasteiger partial charge in [-0.3, -0.25) is 0 Å². The molecule has 1 aliphatic heterocycles. The van der Waals surface area contributed by atoms with Gasteiger partial charge in [0.1, 0.15) is 12.4 Å². The van der Waals surface area contributed by atoms with Crippen LogP contribution in [0.25, 0.3) is 5.52 Å². The molecule has 2 aromatic heterocycles. The Morgan fingerprint density at radius 1 is 1.00 bits per heavy atom. The van der Waals surface area contributed by atoms with E-state index in [0.29, 0.717) is 6.61 Å². The minimum atomic E-state index is -0.423. The second-order valence-electron chi connectivity index (χ2n) is 7.66. The Morgan fingerprint density at radius 3 is 2.38 bits per heavy atom. The Hall–Kier alpha value is -2.31. The number of nitrogens with zero attached hydrogens (tertiary/aromatic N) is 2. The van der Waals surface area contributed by atoms with Gasteiger partial charge >= 0.3 is 7.12 Å². The fourth-order valence-electron chi connectivity index (χ4n) is 2.96. The topological polar surface area (TPSA) is 45.0 Å². The molecule has 0 spiro atoms.